The molecule has 0 aliphatic rings. The monoisotopic (exact) mass is 222 g/mol. The second-order valence-corrected chi connectivity index (χ2v) is 3.01. The molecule has 0 aromatic carbocycles. The van der Waals surface area contributed by atoms with Gasteiger partial charge in [0.05, 0.1) is 13.2 Å². The molecule has 0 bridgehead atoms. The zero-order valence-electron chi connectivity index (χ0n) is 8.25. The summed E-state index contributed by atoms with van der Waals surface area (Å²) in [6.45, 7) is 2.51. The number of carbonyl (C=O) groups is 2. The Hall–Kier alpha value is -0.770. The summed E-state index contributed by atoms with van der Waals surface area (Å²) < 4.78 is 9.25. The summed E-state index contributed by atoms with van der Waals surface area (Å²) in [5, 5.41) is 0. The fraction of sp³-hybridized carbons (Fsp3) is 0.778. The molecule has 0 saturated heterocycles. The number of ether oxygens (including phenoxy) is 2. The smallest absolute Gasteiger partial charge is 0.403 e. The molecule has 0 aromatic heterocycles. The average molecular weight is 223 g/mol. The molecule has 0 aliphatic heterocycles. The van der Waals surface area contributed by atoms with Gasteiger partial charge in [0.2, 0.25) is 0 Å². The molecule has 5 heteroatoms. The lowest BCUT2D eigenvalue weighted by atomic mass is 10.2. The molecule has 0 unspecified atom stereocenters. The number of unbranched alkanes of at least 4 members (excludes halogenated alkanes) is 2. The third-order valence-corrected chi connectivity index (χ3v) is 1.66. The van der Waals surface area contributed by atoms with E-state index < -0.39 is 5.43 Å². The largest absolute Gasteiger partial charge is 0.466 e. The number of esters is 1. The van der Waals surface area contributed by atoms with Gasteiger partial charge >= 0.3 is 11.4 Å². The summed E-state index contributed by atoms with van der Waals surface area (Å²) >= 11 is 4.95. The van der Waals surface area contributed by atoms with Gasteiger partial charge in [-0.3, -0.25) is 4.79 Å². The Morgan fingerprint density at radius 2 is 1.86 bits per heavy atom. The molecule has 0 saturated carbocycles. The number of hydrogen-bond acceptors (Lipinski definition) is 4. The maximum Gasteiger partial charge on any atom is 0.403 e. The van der Waals surface area contributed by atoms with E-state index in [2.05, 4.69) is 4.74 Å². The molecule has 0 atom stereocenters. The Morgan fingerprint density at radius 1 is 1.14 bits per heavy atom. The van der Waals surface area contributed by atoms with E-state index in [-0.39, 0.29) is 5.97 Å². The standard InChI is InChI=1S/C9H15ClO4/c1-2-13-8(11)6-4-3-5-7-14-9(10)12/h2-7H2,1H3. The topological polar surface area (TPSA) is 52.6 Å². The Labute approximate surface area is 88.5 Å². The third kappa shape index (κ3) is 9.32. The van der Waals surface area contributed by atoms with Crippen molar-refractivity contribution in [3.63, 3.8) is 0 Å². The Kier molecular flexibility index (Phi) is 8.33. The van der Waals surface area contributed by atoms with Gasteiger partial charge in [-0.2, -0.15) is 0 Å². The van der Waals surface area contributed by atoms with Crippen LogP contribution in [0.2, 0.25) is 0 Å². The van der Waals surface area contributed by atoms with Crippen LogP contribution in [-0.4, -0.2) is 24.6 Å². The van der Waals surface area contributed by atoms with Crippen LogP contribution in [0.5, 0.6) is 0 Å². The fourth-order valence-electron chi connectivity index (χ4n) is 0.934. The van der Waals surface area contributed by atoms with Crippen molar-refractivity contribution in [1.29, 1.82) is 0 Å². The molecule has 14 heavy (non-hydrogen) atoms. The summed E-state index contributed by atoms with van der Waals surface area (Å²) in [6.07, 6.45) is 2.71. The highest BCUT2D eigenvalue weighted by Crippen LogP contribution is 2.02. The van der Waals surface area contributed by atoms with Gasteiger partial charge in [0.25, 0.3) is 0 Å². The van der Waals surface area contributed by atoms with Crippen molar-refractivity contribution in [2.24, 2.45) is 0 Å². The molecule has 0 fully saturated rings. The summed E-state index contributed by atoms with van der Waals surface area (Å²) in [6, 6.07) is 0. The second-order valence-electron chi connectivity index (χ2n) is 2.70. The predicted molar refractivity (Wildman–Crippen MR) is 52.3 cm³/mol. The number of rotatable bonds is 7. The van der Waals surface area contributed by atoms with Crippen molar-refractivity contribution >= 4 is 23.0 Å². The minimum atomic E-state index is -0.782. The highest BCUT2D eigenvalue weighted by molar-refractivity contribution is 6.61. The summed E-state index contributed by atoms with van der Waals surface area (Å²) in [7, 11) is 0. The van der Waals surface area contributed by atoms with Gasteiger partial charge in [0, 0.05) is 18.0 Å². The Morgan fingerprint density at radius 3 is 2.43 bits per heavy atom. The van der Waals surface area contributed by atoms with Crippen LogP contribution >= 0.6 is 11.6 Å². The fourth-order valence-corrected chi connectivity index (χ4v) is 1.01. The Bertz CT molecular complexity index is 182. The van der Waals surface area contributed by atoms with Crippen molar-refractivity contribution in [3.05, 3.63) is 0 Å². The van der Waals surface area contributed by atoms with Gasteiger partial charge in [-0.25, -0.2) is 4.79 Å². The van der Waals surface area contributed by atoms with Crippen LogP contribution in [0.15, 0.2) is 0 Å². The quantitative estimate of drug-likeness (QED) is 0.377. The minimum Gasteiger partial charge on any atom is -0.466 e. The van der Waals surface area contributed by atoms with Gasteiger partial charge in [-0.1, -0.05) is 0 Å². The number of hydrogen-bond donors (Lipinski definition) is 0. The van der Waals surface area contributed by atoms with E-state index in [9.17, 15) is 9.59 Å². The zero-order valence-corrected chi connectivity index (χ0v) is 9.01. The zero-order chi connectivity index (χ0) is 10.8. The molecular formula is C9H15ClO4. The Balaban J connectivity index is 3.13. The highest BCUT2D eigenvalue weighted by atomic mass is 35.5. The molecule has 0 spiro atoms. The first kappa shape index (κ1) is 13.2. The minimum absolute atomic E-state index is 0.179. The molecular weight excluding hydrogens is 208 g/mol. The molecule has 0 radical (unpaired) electrons. The predicted octanol–water partition coefficient (Wildman–Crippen LogP) is 2.49. The number of halogens is 1. The summed E-state index contributed by atoms with van der Waals surface area (Å²) in [5.74, 6) is -0.179. The van der Waals surface area contributed by atoms with E-state index in [1.54, 1.807) is 6.92 Å². The van der Waals surface area contributed by atoms with Crippen molar-refractivity contribution in [2.45, 2.75) is 32.6 Å². The van der Waals surface area contributed by atoms with Crippen LogP contribution < -0.4 is 0 Å². The van der Waals surface area contributed by atoms with Crippen LogP contribution in [0.4, 0.5) is 4.79 Å². The molecule has 0 heterocycles. The highest BCUT2D eigenvalue weighted by Gasteiger charge is 2.01. The molecule has 0 aromatic rings. The van der Waals surface area contributed by atoms with Gasteiger partial charge in [0.1, 0.15) is 0 Å². The molecule has 0 amide bonds. The van der Waals surface area contributed by atoms with E-state index in [1.165, 1.54) is 0 Å². The van der Waals surface area contributed by atoms with Crippen molar-refractivity contribution in [2.75, 3.05) is 13.2 Å². The SMILES string of the molecule is CCOC(=O)CCCCCOC(=O)Cl. The number of carbonyl (C=O) groups excluding carboxylic acids is 2. The van der Waals surface area contributed by atoms with Gasteiger partial charge < -0.3 is 9.47 Å². The molecule has 4 nitrogen and oxygen atoms in total. The average Bonchev–Trinajstić information content (AvgIpc) is 2.11. The van der Waals surface area contributed by atoms with E-state index >= 15 is 0 Å². The van der Waals surface area contributed by atoms with Crippen molar-refractivity contribution < 1.29 is 19.1 Å². The van der Waals surface area contributed by atoms with Crippen LogP contribution in [0.1, 0.15) is 32.6 Å². The lowest BCUT2D eigenvalue weighted by Gasteiger charge is -2.01. The first-order valence-electron chi connectivity index (χ1n) is 4.64. The van der Waals surface area contributed by atoms with Gasteiger partial charge in [-0.15, -0.1) is 0 Å². The first-order chi connectivity index (χ1) is 6.66. The van der Waals surface area contributed by atoms with Crippen molar-refractivity contribution in [3.8, 4) is 0 Å². The van der Waals surface area contributed by atoms with E-state index in [4.69, 9.17) is 16.3 Å². The van der Waals surface area contributed by atoms with Crippen LogP contribution in [-0.2, 0) is 14.3 Å². The molecule has 0 N–H and O–H groups in total. The van der Waals surface area contributed by atoms with E-state index in [0.717, 1.165) is 19.3 Å². The second kappa shape index (κ2) is 8.81. The van der Waals surface area contributed by atoms with Gasteiger partial charge in [0.15, 0.2) is 0 Å². The van der Waals surface area contributed by atoms with Crippen molar-refractivity contribution in [1.82, 2.24) is 0 Å². The molecule has 0 aliphatic carbocycles. The van der Waals surface area contributed by atoms with Gasteiger partial charge in [-0.05, 0) is 26.2 Å². The first-order valence-corrected chi connectivity index (χ1v) is 5.02. The van der Waals surface area contributed by atoms with E-state index in [0.29, 0.717) is 19.6 Å². The third-order valence-electron chi connectivity index (χ3n) is 1.55. The lowest BCUT2D eigenvalue weighted by Crippen LogP contribution is -2.03. The molecule has 0 rings (SSSR count). The maximum absolute atomic E-state index is 10.9. The maximum atomic E-state index is 10.9. The van der Waals surface area contributed by atoms with Crippen LogP contribution in [0.3, 0.4) is 0 Å². The normalized spacial score (nSPS) is 9.57. The lowest BCUT2D eigenvalue weighted by molar-refractivity contribution is -0.143. The summed E-state index contributed by atoms with van der Waals surface area (Å²) in [4.78, 5) is 21.0. The summed E-state index contributed by atoms with van der Waals surface area (Å²) in [5.41, 5.74) is -0.782. The molecule has 82 valence electrons. The van der Waals surface area contributed by atoms with E-state index in [1.807, 2.05) is 0 Å². The van der Waals surface area contributed by atoms with Crippen LogP contribution in [0.25, 0.3) is 0 Å². The van der Waals surface area contributed by atoms with Crippen LogP contribution in [0, 0.1) is 0 Å².